The fraction of sp³-hybridized carbons (Fsp3) is 0.444. The highest BCUT2D eigenvalue weighted by Crippen LogP contribution is 2.16. The van der Waals surface area contributed by atoms with Crippen LogP contribution < -0.4 is 5.32 Å². The molecule has 1 rings (SSSR count). The Hall–Kier alpha value is -1.28. The van der Waals surface area contributed by atoms with Crippen molar-refractivity contribution >= 4 is 38.0 Å². The lowest BCUT2D eigenvalue weighted by atomic mass is 10.4. The van der Waals surface area contributed by atoms with Crippen LogP contribution in [0.2, 0.25) is 0 Å². The molecule has 1 unspecified atom stereocenters. The number of ketones is 1. The maximum Gasteiger partial charge on any atom is 0.244 e. The highest BCUT2D eigenvalue weighted by Gasteiger charge is 2.24. The van der Waals surface area contributed by atoms with Gasteiger partial charge in [0.2, 0.25) is 5.91 Å². The number of hydrogen-bond donors (Lipinski definition) is 1. The Bertz CT molecular complexity index is 547. The van der Waals surface area contributed by atoms with E-state index < -0.39 is 21.0 Å². The summed E-state index contributed by atoms with van der Waals surface area (Å²) in [6.45, 7) is 2.66. The normalized spacial score (nSPS) is 13.1. The van der Waals surface area contributed by atoms with Crippen molar-refractivity contribution in [3.63, 3.8) is 0 Å². The lowest BCUT2D eigenvalue weighted by molar-refractivity contribution is -0.115. The largest absolute Gasteiger partial charge is 0.301 e. The second-order valence-electron chi connectivity index (χ2n) is 3.56. The van der Waals surface area contributed by atoms with Gasteiger partial charge in [-0.05, 0) is 6.92 Å². The minimum absolute atomic E-state index is 0.210. The molecule has 1 amide bonds. The molecule has 1 aromatic heterocycles. The SMILES string of the molecule is CC(=O)c1csc(NC(=O)C(C)S(C)(=O)=O)n1. The Morgan fingerprint density at radius 3 is 2.47 bits per heavy atom. The number of aromatic nitrogens is 1. The molecule has 0 fully saturated rings. The number of sulfone groups is 1. The van der Waals surface area contributed by atoms with Gasteiger partial charge in [0.05, 0.1) is 0 Å². The molecule has 0 radical (unpaired) electrons. The average molecular weight is 276 g/mol. The van der Waals surface area contributed by atoms with Crippen LogP contribution in [0.25, 0.3) is 0 Å². The van der Waals surface area contributed by atoms with Crippen molar-refractivity contribution in [2.45, 2.75) is 19.1 Å². The number of nitrogens with zero attached hydrogens (tertiary/aromatic N) is 1. The maximum absolute atomic E-state index is 11.5. The van der Waals surface area contributed by atoms with Crippen molar-refractivity contribution in [2.24, 2.45) is 0 Å². The number of thiazole rings is 1. The first-order chi connectivity index (χ1) is 7.71. The third-order valence-electron chi connectivity index (χ3n) is 2.11. The molecular weight excluding hydrogens is 264 g/mol. The molecule has 0 saturated carbocycles. The molecule has 17 heavy (non-hydrogen) atoms. The summed E-state index contributed by atoms with van der Waals surface area (Å²) in [4.78, 5) is 26.4. The summed E-state index contributed by atoms with van der Waals surface area (Å²) in [6.07, 6.45) is 0.986. The van der Waals surface area contributed by atoms with Crippen LogP contribution in [0, 0.1) is 0 Å². The van der Waals surface area contributed by atoms with Crippen LogP contribution in [0.5, 0.6) is 0 Å². The van der Waals surface area contributed by atoms with Gasteiger partial charge >= 0.3 is 0 Å². The van der Waals surface area contributed by atoms with Crippen molar-refractivity contribution in [3.8, 4) is 0 Å². The second kappa shape index (κ2) is 4.92. The van der Waals surface area contributed by atoms with E-state index in [0.717, 1.165) is 17.6 Å². The van der Waals surface area contributed by atoms with E-state index in [1.807, 2.05) is 0 Å². The summed E-state index contributed by atoms with van der Waals surface area (Å²) in [5, 5.41) is 2.94. The van der Waals surface area contributed by atoms with Crippen molar-refractivity contribution in [2.75, 3.05) is 11.6 Å². The summed E-state index contributed by atoms with van der Waals surface area (Å²) in [5.41, 5.74) is 0.248. The third-order valence-corrected chi connectivity index (χ3v) is 4.36. The number of Topliss-reactive ketones (excluding diaryl/α,β-unsaturated/α-hetero) is 1. The van der Waals surface area contributed by atoms with E-state index in [2.05, 4.69) is 10.3 Å². The van der Waals surface area contributed by atoms with Crippen molar-refractivity contribution in [1.29, 1.82) is 0 Å². The minimum atomic E-state index is -3.43. The van der Waals surface area contributed by atoms with E-state index >= 15 is 0 Å². The molecule has 8 heteroatoms. The summed E-state index contributed by atoms with van der Waals surface area (Å²) < 4.78 is 22.3. The third kappa shape index (κ3) is 3.60. The Balaban J connectivity index is 2.78. The summed E-state index contributed by atoms with van der Waals surface area (Å²) >= 11 is 1.08. The maximum atomic E-state index is 11.5. The van der Waals surface area contributed by atoms with E-state index in [1.165, 1.54) is 19.2 Å². The zero-order valence-electron chi connectivity index (χ0n) is 9.55. The zero-order valence-corrected chi connectivity index (χ0v) is 11.2. The van der Waals surface area contributed by atoms with E-state index in [9.17, 15) is 18.0 Å². The van der Waals surface area contributed by atoms with Crippen LogP contribution in [-0.4, -0.2) is 36.6 Å². The smallest absolute Gasteiger partial charge is 0.244 e. The van der Waals surface area contributed by atoms with E-state index in [0.29, 0.717) is 0 Å². The van der Waals surface area contributed by atoms with Gasteiger partial charge in [-0.3, -0.25) is 9.59 Å². The van der Waals surface area contributed by atoms with Crippen LogP contribution in [0.4, 0.5) is 5.13 Å². The molecule has 1 heterocycles. The van der Waals surface area contributed by atoms with Gasteiger partial charge < -0.3 is 5.32 Å². The van der Waals surface area contributed by atoms with Crippen LogP contribution in [-0.2, 0) is 14.6 Å². The molecule has 0 saturated heterocycles. The van der Waals surface area contributed by atoms with Gasteiger partial charge in [-0.15, -0.1) is 11.3 Å². The first-order valence-corrected chi connectivity index (χ1v) is 7.51. The van der Waals surface area contributed by atoms with Gasteiger partial charge in [0.1, 0.15) is 10.9 Å². The second-order valence-corrected chi connectivity index (χ2v) is 6.78. The number of hydrogen-bond acceptors (Lipinski definition) is 6. The Kier molecular flexibility index (Phi) is 3.99. The Morgan fingerprint density at radius 1 is 1.47 bits per heavy atom. The van der Waals surface area contributed by atoms with Gasteiger partial charge in [-0.1, -0.05) is 0 Å². The van der Waals surface area contributed by atoms with Crippen LogP contribution >= 0.6 is 11.3 Å². The lowest BCUT2D eigenvalue weighted by Crippen LogP contribution is -2.31. The highest BCUT2D eigenvalue weighted by atomic mass is 32.2. The average Bonchev–Trinajstić information content (AvgIpc) is 2.63. The predicted octanol–water partition coefficient (Wildman–Crippen LogP) is 0.717. The molecule has 0 aliphatic heterocycles. The summed E-state index contributed by atoms with van der Waals surface area (Å²) in [7, 11) is -3.43. The topological polar surface area (TPSA) is 93.2 Å². The minimum Gasteiger partial charge on any atom is -0.301 e. The molecule has 0 aliphatic rings. The number of nitrogens with one attached hydrogen (secondary N) is 1. The number of rotatable bonds is 4. The summed E-state index contributed by atoms with van der Waals surface area (Å²) in [6, 6.07) is 0. The fourth-order valence-corrected chi connectivity index (χ4v) is 2.09. The molecule has 94 valence electrons. The Labute approximate surface area is 103 Å². The van der Waals surface area contributed by atoms with Gasteiger partial charge in [0, 0.05) is 18.6 Å². The lowest BCUT2D eigenvalue weighted by Gasteiger charge is -2.07. The number of carbonyl (C=O) groups is 2. The van der Waals surface area contributed by atoms with Gasteiger partial charge in [-0.2, -0.15) is 0 Å². The molecular formula is C9H12N2O4S2. The van der Waals surface area contributed by atoms with Crippen LogP contribution in [0.15, 0.2) is 5.38 Å². The molecule has 1 aromatic rings. The van der Waals surface area contributed by atoms with Crippen LogP contribution in [0.1, 0.15) is 24.3 Å². The molecule has 0 aliphatic carbocycles. The van der Waals surface area contributed by atoms with Gasteiger partial charge in [0.15, 0.2) is 20.8 Å². The first kappa shape index (κ1) is 13.8. The molecule has 1 atom stereocenters. The number of carbonyl (C=O) groups excluding carboxylic acids is 2. The molecule has 0 spiro atoms. The zero-order chi connectivity index (χ0) is 13.2. The van der Waals surface area contributed by atoms with Gasteiger partial charge in [0.25, 0.3) is 0 Å². The number of amides is 1. The van der Waals surface area contributed by atoms with Crippen molar-refractivity contribution in [1.82, 2.24) is 4.98 Å². The van der Waals surface area contributed by atoms with Crippen LogP contribution in [0.3, 0.4) is 0 Å². The predicted molar refractivity (Wildman–Crippen MR) is 65.1 cm³/mol. The number of anilines is 1. The van der Waals surface area contributed by atoms with E-state index in [1.54, 1.807) is 0 Å². The molecule has 6 nitrogen and oxygen atoms in total. The van der Waals surface area contributed by atoms with E-state index in [4.69, 9.17) is 0 Å². The van der Waals surface area contributed by atoms with Gasteiger partial charge in [-0.25, -0.2) is 13.4 Å². The summed E-state index contributed by atoms with van der Waals surface area (Å²) in [5.74, 6) is -0.866. The highest BCUT2D eigenvalue weighted by molar-refractivity contribution is 7.92. The molecule has 1 N–H and O–H groups in total. The first-order valence-electron chi connectivity index (χ1n) is 4.68. The monoisotopic (exact) mass is 276 g/mol. The van der Waals surface area contributed by atoms with Crippen molar-refractivity contribution in [3.05, 3.63) is 11.1 Å². The fourth-order valence-electron chi connectivity index (χ4n) is 0.894. The Morgan fingerprint density at radius 2 is 2.06 bits per heavy atom. The van der Waals surface area contributed by atoms with E-state index in [-0.39, 0.29) is 16.6 Å². The molecule has 0 bridgehead atoms. The quantitative estimate of drug-likeness (QED) is 0.818. The van der Waals surface area contributed by atoms with Crippen molar-refractivity contribution < 1.29 is 18.0 Å². The molecule has 0 aromatic carbocycles. The standard InChI is InChI=1S/C9H12N2O4S2/c1-5(12)7-4-16-9(10-7)11-8(13)6(2)17(3,14)15/h4,6H,1-3H3,(H,10,11,13).